The van der Waals surface area contributed by atoms with Crippen LogP contribution >= 0.6 is 15.9 Å². The Labute approximate surface area is 130 Å². The van der Waals surface area contributed by atoms with Crippen LogP contribution in [0, 0.1) is 0 Å². The van der Waals surface area contributed by atoms with Gasteiger partial charge in [0, 0.05) is 27.8 Å². The first-order valence-electron chi connectivity index (χ1n) is 6.62. The lowest BCUT2D eigenvalue weighted by Crippen LogP contribution is -2.26. The molecule has 3 aromatic rings. The summed E-state index contributed by atoms with van der Waals surface area (Å²) in [6.45, 7) is 1.95. The third-order valence-electron chi connectivity index (χ3n) is 3.38. The number of hydrogen-bond acceptors (Lipinski definition) is 2. The maximum atomic E-state index is 12.3. The number of nitrogens with zero attached hydrogens (tertiary/aromatic N) is 1. The third-order valence-corrected chi connectivity index (χ3v) is 3.87. The molecular formula is C16H14BrN3O. The van der Waals surface area contributed by atoms with Gasteiger partial charge in [-0.15, -0.1) is 0 Å². The fraction of sp³-hybridized carbons (Fsp3) is 0.125. The van der Waals surface area contributed by atoms with Gasteiger partial charge in [-0.1, -0.05) is 15.9 Å². The molecular weight excluding hydrogens is 330 g/mol. The van der Waals surface area contributed by atoms with Gasteiger partial charge in [0.25, 0.3) is 5.91 Å². The lowest BCUT2D eigenvalue weighted by atomic mass is 10.1. The Morgan fingerprint density at radius 3 is 2.76 bits per heavy atom. The van der Waals surface area contributed by atoms with Crippen LogP contribution in [0.15, 0.2) is 53.3 Å². The second-order valence-electron chi connectivity index (χ2n) is 4.89. The Morgan fingerprint density at radius 1 is 1.24 bits per heavy atom. The SMILES string of the molecule is C[C@@H](NC(=O)c1cc2cc(Br)ccc2[nH]1)c1ccncc1. The lowest BCUT2D eigenvalue weighted by molar-refractivity contribution is 0.0935. The molecule has 0 bridgehead atoms. The second-order valence-corrected chi connectivity index (χ2v) is 5.81. The second kappa shape index (κ2) is 5.69. The van der Waals surface area contributed by atoms with E-state index in [1.807, 2.05) is 43.3 Å². The highest BCUT2D eigenvalue weighted by atomic mass is 79.9. The number of amides is 1. The van der Waals surface area contributed by atoms with Crippen molar-refractivity contribution in [3.05, 3.63) is 64.5 Å². The molecule has 0 aliphatic carbocycles. The van der Waals surface area contributed by atoms with Crippen LogP contribution in [0.5, 0.6) is 0 Å². The Morgan fingerprint density at radius 2 is 2.00 bits per heavy atom. The minimum atomic E-state index is -0.119. The Bertz CT molecular complexity index is 783. The van der Waals surface area contributed by atoms with Crippen molar-refractivity contribution < 1.29 is 4.79 Å². The van der Waals surface area contributed by atoms with Gasteiger partial charge in [0.1, 0.15) is 5.69 Å². The number of carbonyl (C=O) groups is 1. The first-order chi connectivity index (χ1) is 10.1. The molecule has 21 heavy (non-hydrogen) atoms. The lowest BCUT2D eigenvalue weighted by Gasteiger charge is -2.13. The topological polar surface area (TPSA) is 57.8 Å². The number of H-pyrrole nitrogens is 1. The van der Waals surface area contributed by atoms with Crippen molar-refractivity contribution >= 4 is 32.7 Å². The number of hydrogen-bond donors (Lipinski definition) is 2. The van der Waals surface area contributed by atoms with E-state index in [-0.39, 0.29) is 11.9 Å². The number of pyridine rings is 1. The van der Waals surface area contributed by atoms with Gasteiger partial charge in [0.05, 0.1) is 6.04 Å². The fourth-order valence-electron chi connectivity index (χ4n) is 2.24. The van der Waals surface area contributed by atoms with Crippen molar-refractivity contribution in [3.8, 4) is 0 Å². The summed E-state index contributed by atoms with van der Waals surface area (Å²) in [4.78, 5) is 19.4. The number of aromatic amines is 1. The molecule has 2 heterocycles. The van der Waals surface area contributed by atoms with E-state index >= 15 is 0 Å². The molecule has 4 nitrogen and oxygen atoms in total. The fourth-order valence-corrected chi connectivity index (χ4v) is 2.61. The molecule has 0 unspecified atom stereocenters. The molecule has 106 valence electrons. The van der Waals surface area contributed by atoms with Gasteiger partial charge in [-0.2, -0.15) is 0 Å². The van der Waals surface area contributed by atoms with E-state index in [1.54, 1.807) is 12.4 Å². The monoisotopic (exact) mass is 343 g/mol. The highest BCUT2D eigenvalue weighted by Crippen LogP contribution is 2.21. The molecule has 0 spiro atoms. The van der Waals surface area contributed by atoms with E-state index < -0.39 is 0 Å². The van der Waals surface area contributed by atoms with Crippen molar-refractivity contribution in [3.63, 3.8) is 0 Å². The van der Waals surface area contributed by atoms with E-state index in [2.05, 4.69) is 31.2 Å². The highest BCUT2D eigenvalue weighted by Gasteiger charge is 2.13. The summed E-state index contributed by atoms with van der Waals surface area (Å²) in [6, 6.07) is 11.4. The summed E-state index contributed by atoms with van der Waals surface area (Å²) < 4.78 is 0.992. The van der Waals surface area contributed by atoms with Gasteiger partial charge in [-0.3, -0.25) is 9.78 Å². The molecule has 3 rings (SSSR count). The number of fused-ring (bicyclic) bond motifs is 1. The normalized spacial score (nSPS) is 12.3. The molecule has 0 saturated heterocycles. The molecule has 1 amide bonds. The van der Waals surface area contributed by atoms with Crippen LogP contribution in [0.3, 0.4) is 0 Å². The summed E-state index contributed by atoms with van der Waals surface area (Å²) in [5.74, 6) is -0.119. The molecule has 0 radical (unpaired) electrons. The Hall–Kier alpha value is -2.14. The van der Waals surface area contributed by atoms with Gasteiger partial charge < -0.3 is 10.3 Å². The smallest absolute Gasteiger partial charge is 0.268 e. The van der Waals surface area contributed by atoms with Gasteiger partial charge in [-0.25, -0.2) is 0 Å². The predicted octanol–water partition coefficient (Wildman–Crippen LogP) is 3.82. The van der Waals surface area contributed by atoms with Gasteiger partial charge in [-0.05, 0) is 48.9 Å². The number of nitrogens with one attached hydrogen (secondary N) is 2. The average molecular weight is 344 g/mol. The van der Waals surface area contributed by atoms with E-state index in [1.165, 1.54) is 0 Å². The van der Waals surface area contributed by atoms with Gasteiger partial charge in [0.15, 0.2) is 0 Å². The Kier molecular flexibility index (Phi) is 3.75. The van der Waals surface area contributed by atoms with Crippen molar-refractivity contribution in [2.75, 3.05) is 0 Å². The highest BCUT2D eigenvalue weighted by molar-refractivity contribution is 9.10. The van der Waals surface area contributed by atoms with E-state index in [0.717, 1.165) is 20.9 Å². The van der Waals surface area contributed by atoms with Crippen LogP contribution in [-0.2, 0) is 0 Å². The zero-order valence-corrected chi connectivity index (χ0v) is 13.0. The third kappa shape index (κ3) is 2.97. The molecule has 0 aliphatic heterocycles. The number of aromatic nitrogens is 2. The summed E-state index contributed by atoms with van der Waals surface area (Å²) in [5.41, 5.74) is 2.53. The molecule has 0 aliphatic rings. The maximum Gasteiger partial charge on any atom is 0.268 e. The number of rotatable bonds is 3. The van der Waals surface area contributed by atoms with Crippen molar-refractivity contribution in [2.45, 2.75) is 13.0 Å². The molecule has 1 aromatic carbocycles. The summed E-state index contributed by atoms with van der Waals surface area (Å²) in [5, 5.41) is 3.98. The van der Waals surface area contributed by atoms with E-state index in [4.69, 9.17) is 0 Å². The van der Waals surface area contributed by atoms with Crippen molar-refractivity contribution in [1.82, 2.24) is 15.3 Å². The average Bonchev–Trinajstić information content (AvgIpc) is 2.91. The van der Waals surface area contributed by atoms with E-state index in [0.29, 0.717) is 5.69 Å². The molecule has 0 fully saturated rings. The number of carbonyl (C=O) groups excluding carboxylic acids is 1. The molecule has 5 heteroatoms. The molecule has 2 aromatic heterocycles. The van der Waals surface area contributed by atoms with Crippen LogP contribution in [0.25, 0.3) is 10.9 Å². The standard InChI is InChI=1S/C16H14BrN3O/c1-10(11-4-6-18-7-5-11)19-16(21)15-9-12-8-13(17)2-3-14(12)20-15/h2-10,20H,1H3,(H,19,21)/t10-/m1/s1. The van der Waals surface area contributed by atoms with Crippen molar-refractivity contribution in [1.29, 1.82) is 0 Å². The van der Waals surface area contributed by atoms with Crippen molar-refractivity contribution in [2.24, 2.45) is 0 Å². The summed E-state index contributed by atoms with van der Waals surface area (Å²) in [6.07, 6.45) is 3.44. The maximum absolute atomic E-state index is 12.3. The van der Waals surface area contributed by atoms with Crippen LogP contribution in [0.2, 0.25) is 0 Å². The summed E-state index contributed by atoms with van der Waals surface area (Å²) in [7, 11) is 0. The van der Waals surface area contributed by atoms with Crippen LogP contribution in [0.4, 0.5) is 0 Å². The van der Waals surface area contributed by atoms with Crippen LogP contribution in [-0.4, -0.2) is 15.9 Å². The van der Waals surface area contributed by atoms with Crippen LogP contribution < -0.4 is 5.32 Å². The Balaban J connectivity index is 1.80. The number of halogens is 1. The van der Waals surface area contributed by atoms with Gasteiger partial charge >= 0.3 is 0 Å². The molecule has 1 atom stereocenters. The predicted molar refractivity (Wildman–Crippen MR) is 86.1 cm³/mol. The zero-order valence-electron chi connectivity index (χ0n) is 11.4. The molecule has 0 saturated carbocycles. The summed E-state index contributed by atoms with van der Waals surface area (Å²) >= 11 is 3.43. The first-order valence-corrected chi connectivity index (χ1v) is 7.42. The quantitative estimate of drug-likeness (QED) is 0.759. The number of benzene rings is 1. The van der Waals surface area contributed by atoms with E-state index in [9.17, 15) is 4.79 Å². The first kappa shape index (κ1) is 13.8. The van der Waals surface area contributed by atoms with Gasteiger partial charge in [0.2, 0.25) is 0 Å². The minimum absolute atomic E-state index is 0.0707. The zero-order chi connectivity index (χ0) is 14.8. The largest absolute Gasteiger partial charge is 0.351 e. The minimum Gasteiger partial charge on any atom is -0.351 e. The molecule has 2 N–H and O–H groups in total. The van der Waals surface area contributed by atoms with Crippen LogP contribution in [0.1, 0.15) is 29.0 Å².